The van der Waals surface area contributed by atoms with Crippen molar-refractivity contribution in [3.05, 3.63) is 59.7 Å². The van der Waals surface area contributed by atoms with Gasteiger partial charge in [0.1, 0.15) is 11.5 Å². The highest BCUT2D eigenvalue weighted by Crippen LogP contribution is 2.40. The number of ether oxygens (including phenoxy) is 1. The largest absolute Gasteiger partial charge is 0.457 e. The smallest absolute Gasteiger partial charge is 0.127 e. The lowest BCUT2D eigenvalue weighted by Gasteiger charge is -2.06. The fourth-order valence-corrected chi connectivity index (χ4v) is 1.97. The van der Waals surface area contributed by atoms with Crippen molar-refractivity contribution in [2.24, 2.45) is 0 Å². The van der Waals surface area contributed by atoms with Gasteiger partial charge in [0.15, 0.2) is 0 Å². The van der Waals surface area contributed by atoms with E-state index in [0.717, 1.165) is 17.4 Å². The van der Waals surface area contributed by atoms with Gasteiger partial charge in [-0.25, -0.2) is 0 Å². The van der Waals surface area contributed by atoms with Gasteiger partial charge in [-0.2, -0.15) is 0 Å². The van der Waals surface area contributed by atoms with Crippen molar-refractivity contribution in [1.29, 1.82) is 0 Å². The van der Waals surface area contributed by atoms with Crippen molar-refractivity contribution in [1.82, 2.24) is 0 Å². The molecular formula is C16H16O. The molecule has 1 aliphatic carbocycles. The van der Waals surface area contributed by atoms with E-state index in [9.17, 15) is 0 Å². The lowest BCUT2D eigenvalue weighted by molar-refractivity contribution is 0.482. The van der Waals surface area contributed by atoms with Crippen LogP contribution in [0.25, 0.3) is 0 Å². The van der Waals surface area contributed by atoms with Crippen LogP contribution in [0.2, 0.25) is 0 Å². The van der Waals surface area contributed by atoms with E-state index in [1.54, 1.807) is 0 Å². The first-order valence-corrected chi connectivity index (χ1v) is 6.16. The highest BCUT2D eigenvalue weighted by Gasteiger charge is 2.22. The summed E-state index contributed by atoms with van der Waals surface area (Å²) in [5.41, 5.74) is 2.70. The van der Waals surface area contributed by atoms with Gasteiger partial charge in [-0.3, -0.25) is 0 Å². The fourth-order valence-electron chi connectivity index (χ4n) is 1.97. The minimum Gasteiger partial charge on any atom is -0.457 e. The van der Waals surface area contributed by atoms with E-state index in [1.807, 2.05) is 12.1 Å². The molecule has 0 heterocycles. The van der Waals surface area contributed by atoms with Crippen molar-refractivity contribution in [2.45, 2.75) is 25.7 Å². The van der Waals surface area contributed by atoms with Crippen LogP contribution in [0.4, 0.5) is 0 Å². The molecule has 0 saturated heterocycles. The number of aryl methyl sites for hydroxylation is 1. The molecule has 0 aromatic heterocycles. The maximum absolute atomic E-state index is 5.79. The molecule has 2 aromatic carbocycles. The quantitative estimate of drug-likeness (QED) is 0.736. The Morgan fingerprint density at radius 1 is 0.824 bits per heavy atom. The molecule has 86 valence electrons. The maximum Gasteiger partial charge on any atom is 0.127 e. The third-order valence-corrected chi connectivity index (χ3v) is 3.19. The molecule has 17 heavy (non-hydrogen) atoms. The summed E-state index contributed by atoms with van der Waals surface area (Å²) in [4.78, 5) is 0. The predicted octanol–water partition coefficient (Wildman–Crippen LogP) is 4.66. The zero-order valence-electron chi connectivity index (χ0n) is 10.0. The molecule has 0 bridgehead atoms. The second-order valence-corrected chi connectivity index (χ2v) is 4.76. The van der Waals surface area contributed by atoms with Crippen LogP contribution in [-0.4, -0.2) is 0 Å². The van der Waals surface area contributed by atoms with E-state index in [0.29, 0.717) is 0 Å². The highest BCUT2D eigenvalue weighted by atomic mass is 16.5. The Morgan fingerprint density at radius 3 is 1.88 bits per heavy atom. The Morgan fingerprint density at radius 2 is 1.35 bits per heavy atom. The number of benzene rings is 2. The van der Waals surface area contributed by atoms with Crippen LogP contribution in [0.15, 0.2) is 48.5 Å². The molecule has 0 amide bonds. The second kappa shape index (κ2) is 4.25. The van der Waals surface area contributed by atoms with Gasteiger partial charge in [-0.05, 0) is 55.5 Å². The molecule has 1 heteroatoms. The van der Waals surface area contributed by atoms with Gasteiger partial charge in [0, 0.05) is 0 Å². The summed E-state index contributed by atoms with van der Waals surface area (Å²) in [5, 5.41) is 0. The Balaban J connectivity index is 1.73. The van der Waals surface area contributed by atoms with E-state index < -0.39 is 0 Å². The van der Waals surface area contributed by atoms with Crippen molar-refractivity contribution >= 4 is 0 Å². The molecule has 2 aromatic rings. The molecule has 1 saturated carbocycles. The van der Waals surface area contributed by atoms with E-state index in [2.05, 4.69) is 43.3 Å². The van der Waals surface area contributed by atoms with Gasteiger partial charge >= 0.3 is 0 Å². The zero-order chi connectivity index (χ0) is 11.7. The Hall–Kier alpha value is -1.76. The third-order valence-electron chi connectivity index (χ3n) is 3.19. The van der Waals surface area contributed by atoms with Crippen LogP contribution >= 0.6 is 0 Å². The molecule has 3 rings (SSSR count). The number of hydrogen-bond donors (Lipinski definition) is 0. The van der Waals surface area contributed by atoms with Crippen molar-refractivity contribution < 1.29 is 4.74 Å². The van der Waals surface area contributed by atoms with Gasteiger partial charge in [0.25, 0.3) is 0 Å². The molecule has 1 nitrogen and oxygen atoms in total. The number of rotatable bonds is 3. The van der Waals surface area contributed by atoms with Gasteiger partial charge < -0.3 is 4.74 Å². The third kappa shape index (κ3) is 2.50. The summed E-state index contributed by atoms with van der Waals surface area (Å²) >= 11 is 0. The summed E-state index contributed by atoms with van der Waals surface area (Å²) < 4.78 is 5.79. The topological polar surface area (TPSA) is 9.23 Å². The van der Waals surface area contributed by atoms with E-state index in [1.165, 1.54) is 24.0 Å². The molecule has 0 radical (unpaired) electrons. The van der Waals surface area contributed by atoms with Crippen LogP contribution in [0.3, 0.4) is 0 Å². The Bertz CT molecular complexity index is 492. The maximum atomic E-state index is 5.79. The lowest BCUT2D eigenvalue weighted by atomic mass is 10.1. The van der Waals surface area contributed by atoms with Crippen LogP contribution in [0.5, 0.6) is 11.5 Å². The van der Waals surface area contributed by atoms with Gasteiger partial charge in [-0.1, -0.05) is 29.8 Å². The Labute approximate surface area is 102 Å². The van der Waals surface area contributed by atoms with Gasteiger partial charge in [0.2, 0.25) is 0 Å². The van der Waals surface area contributed by atoms with Crippen molar-refractivity contribution in [3.8, 4) is 11.5 Å². The summed E-state index contributed by atoms with van der Waals surface area (Å²) in [6, 6.07) is 16.6. The van der Waals surface area contributed by atoms with Crippen LogP contribution in [0.1, 0.15) is 29.9 Å². The predicted molar refractivity (Wildman–Crippen MR) is 69.7 cm³/mol. The van der Waals surface area contributed by atoms with E-state index >= 15 is 0 Å². The minimum absolute atomic E-state index is 0.809. The van der Waals surface area contributed by atoms with Gasteiger partial charge in [0.05, 0.1) is 0 Å². The summed E-state index contributed by atoms with van der Waals surface area (Å²) in [7, 11) is 0. The molecule has 0 N–H and O–H groups in total. The zero-order valence-corrected chi connectivity index (χ0v) is 10.0. The molecular weight excluding hydrogens is 208 g/mol. The molecule has 1 fully saturated rings. The summed E-state index contributed by atoms with van der Waals surface area (Å²) in [6.45, 7) is 2.08. The Kier molecular flexibility index (Phi) is 2.60. The summed E-state index contributed by atoms with van der Waals surface area (Å²) in [5.74, 6) is 2.62. The second-order valence-electron chi connectivity index (χ2n) is 4.76. The highest BCUT2D eigenvalue weighted by molar-refractivity contribution is 5.36. The van der Waals surface area contributed by atoms with Crippen LogP contribution in [-0.2, 0) is 0 Å². The monoisotopic (exact) mass is 224 g/mol. The first-order chi connectivity index (χ1) is 8.31. The first-order valence-electron chi connectivity index (χ1n) is 6.16. The standard InChI is InChI=1S/C16H16O/c1-12-2-8-15(9-3-12)17-16-10-6-14(7-11-16)13-4-5-13/h2-3,6-11,13H,4-5H2,1H3. The van der Waals surface area contributed by atoms with E-state index in [4.69, 9.17) is 4.74 Å². The molecule has 0 atom stereocenters. The normalized spacial score (nSPS) is 14.6. The summed E-state index contributed by atoms with van der Waals surface area (Å²) in [6.07, 6.45) is 2.69. The molecule has 0 unspecified atom stereocenters. The molecule has 0 aliphatic heterocycles. The van der Waals surface area contributed by atoms with Crippen molar-refractivity contribution in [3.63, 3.8) is 0 Å². The lowest BCUT2D eigenvalue weighted by Crippen LogP contribution is -1.85. The average molecular weight is 224 g/mol. The van der Waals surface area contributed by atoms with Crippen molar-refractivity contribution in [2.75, 3.05) is 0 Å². The van der Waals surface area contributed by atoms with Crippen LogP contribution < -0.4 is 4.74 Å². The average Bonchev–Trinajstić information content (AvgIpc) is 3.17. The first kappa shape index (κ1) is 10.4. The molecule has 0 spiro atoms. The van der Waals surface area contributed by atoms with E-state index in [-0.39, 0.29) is 0 Å². The minimum atomic E-state index is 0.809. The number of hydrogen-bond acceptors (Lipinski definition) is 1. The van der Waals surface area contributed by atoms with Crippen LogP contribution in [0, 0.1) is 6.92 Å². The SMILES string of the molecule is Cc1ccc(Oc2ccc(C3CC3)cc2)cc1. The molecule has 1 aliphatic rings. The fraction of sp³-hybridized carbons (Fsp3) is 0.250. The van der Waals surface area contributed by atoms with Gasteiger partial charge in [-0.15, -0.1) is 0 Å².